The van der Waals surface area contributed by atoms with Crippen molar-refractivity contribution in [2.45, 2.75) is 24.0 Å². The summed E-state index contributed by atoms with van der Waals surface area (Å²) < 4.78 is 40.1. The first kappa shape index (κ1) is 21.8. The van der Waals surface area contributed by atoms with Crippen LogP contribution < -0.4 is 0 Å². The third kappa shape index (κ3) is 4.31. The maximum atomic E-state index is 13.6. The largest absolute Gasteiger partial charge is 0.435 e. The molecule has 3 heterocycles. The highest BCUT2D eigenvalue weighted by Gasteiger charge is 2.37. The lowest BCUT2D eigenvalue weighted by molar-refractivity contribution is -0.142. The van der Waals surface area contributed by atoms with Gasteiger partial charge in [0.2, 0.25) is 10.9 Å². The van der Waals surface area contributed by atoms with Gasteiger partial charge in [0, 0.05) is 43.9 Å². The molecule has 0 spiro atoms. The Morgan fingerprint density at radius 2 is 1.55 bits per heavy atom. The Bertz CT molecular complexity index is 1210. The zero-order chi connectivity index (χ0) is 22.8. The van der Waals surface area contributed by atoms with Gasteiger partial charge in [-0.3, -0.25) is 4.79 Å². The molecular formula is C24H25N3O5S. The van der Waals surface area contributed by atoms with Crippen LogP contribution in [-0.4, -0.2) is 67.4 Å². The summed E-state index contributed by atoms with van der Waals surface area (Å²) in [5, 5.41) is -0.105. The lowest BCUT2D eigenvalue weighted by Crippen LogP contribution is -2.52. The number of oxazole rings is 1. The van der Waals surface area contributed by atoms with Crippen molar-refractivity contribution < 1.29 is 22.4 Å². The second-order valence-corrected chi connectivity index (χ2v) is 9.97. The molecule has 1 atom stereocenters. The number of nitrogens with zero attached hydrogens (tertiary/aromatic N) is 3. The van der Waals surface area contributed by atoms with Crippen LogP contribution >= 0.6 is 0 Å². The summed E-state index contributed by atoms with van der Waals surface area (Å²) in [7, 11) is -3.94. The van der Waals surface area contributed by atoms with Crippen molar-refractivity contribution in [3.05, 3.63) is 60.7 Å². The molecule has 3 aromatic rings. The van der Waals surface area contributed by atoms with Crippen LogP contribution in [0.2, 0.25) is 0 Å². The van der Waals surface area contributed by atoms with E-state index in [4.69, 9.17) is 9.15 Å². The number of sulfonamides is 1. The Balaban J connectivity index is 1.43. The van der Waals surface area contributed by atoms with E-state index in [9.17, 15) is 13.2 Å². The molecule has 0 N–H and O–H groups in total. The highest BCUT2D eigenvalue weighted by molar-refractivity contribution is 7.89. The maximum Gasteiger partial charge on any atom is 0.264 e. The minimum atomic E-state index is -3.94. The summed E-state index contributed by atoms with van der Waals surface area (Å²) in [6.07, 6.45) is 1.20. The number of carbonyl (C=O) groups excluding carboxylic acids is 1. The quantitative estimate of drug-likeness (QED) is 0.573. The summed E-state index contributed by atoms with van der Waals surface area (Å²) in [5.41, 5.74) is 1.33. The number of piperazine rings is 1. The monoisotopic (exact) mass is 467 g/mol. The van der Waals surface area contributed by atoms with Crippen LogP contribution in [0.15, 0.2) is 70.1 Å². The summed E-state index contributed by atoms with van der Waals surface area (Å²) in [5.74, 6) is 0.412. The fraction of sp³-hybridized carbons (Fsp3) is 0.333. The number of rotatable bonds is 5. The van der Waals surface area contributed by atoms with E-state index in [1.165, 1.54) is 4.31 Å². The van der Waals surface area contributed by atoms with E-state index in [0.29, 0.717) is 30.8 Å². The molecule has 2 aliphatic heterocycles. The van der Waals surface area contributed by atoms with E-state index in [2.05, 4.69) is 4.98 Å². The van der Waals surface area contributed by atoms with Crippen molar-refractivity contribution in [3.63, 3.8) is 0 Å². The van der Waals surface area contributed by atoms with Crippen LogP contribution in [0.25, 0.3) is 22.8 Å². The molecule has 5 rings (SSSR count). The van der Waals surface area contributed by atoms with E-state index >= 15 is 0 Å². The van der Waals surface area contributed by atoms with Crippen LogP contribution in [0.4, 0.5) is 0 Å². The maximum absolute atomic E-state index is 13.6. The molecule has 2 saturated heterocycles. The Hall–Kier alpha value is -3.01. The third-order valence-electron chi connectivity index (χ3n) is 5.99. The standard InChI is InChI=1S/C24H25N3O5S/c28-24(20-12-7-17-31-20)26-13-15-27(16-14-26)33(29,30)23-21(18-8-3-1-4-9-18)32-22(25-23)19-10-5-2-6-11-19/h1-6,8-11,20H,7,12-17H2. The third-order valence-corrected chi connectivity index (χ3v) is 7.80. The van der Waals surface area contributed by atoms with Crippen molar-refractivity contribution in [1.82, 2.24) is 14.2 Å². The molecule has 1 amide bonds. The van der Waals surface area contributed by atoms with Crippen molar-refractivity contribution in [2.75, 3.05) is 32.8 Å². The van der Waals surface area contributed by atoms with Crippen LogP contribution in [-0.2, 0) is 19.6 Å². The van der Waals surface area contributed by atoms with E-state index in [0.717, 1.165) is 12.8 Å². The second kappa shape index (κ2) is 9.09. The molecule has 2 aliphatic rings. The average Bonchev–Trinajstić information content (AvgIpc) is 3.56. The summed E-state index contributed by atoms with van der Waals surface area (Å²) in [6.45, 7) is 1.64. The number of hydrogen-bond acceptors (Lipinski definition) is 6. The van der Waals surface area contributed by atoms with Crippen LogP contribution in [0, 0.1) is 0 Å². The molecule has 0 aliphatic carbocycles. The van der Waals surface area contributed by atoms with Crippen LogP contribution in [0.1, 0.15) is 12.8 Å². The molecule has 1 aromatic heterocycles. The lowest BCUT2D eigenvalue weighted by Gasteiger charge is -2.34. The van der Waals surface area contributed by atoms with Gasteiger partial charge in [0.15, 0.2) is 5.76 Å². The lowest BCUT2D eigenvalue weighted by atomic mass is 10.2. The van der Waals surface area contributed by atoms with Gasteiger partial charge in [0.05, 0.1) is 0 Å². The van der Waals surface area contributed by atoms with Crippen molar-refractivity contribution in [2.24, 2.45) is 0 Å². The van der Waals surface area contributed by atoms with Gasteiger partial charge in [-0.05, 0) is 25.0 Å². The van der Waals surface area contributed by atoms with Gasteiger partial charge in [-0.2, -0.15) is 9.29 Å². The fourth-order valence-corrected chi connectivity index (χ4v) is 5.68. The van der Waals surface area contributed by atoms with E-state index in [1.807, 2.05) is 48.5 Å². The van der Waals surface area contributed by atoms with Gasteiger partial charge in [0.1, 0.15) is 6.10 Å². The molecule has 8 nitrogen and oxygen atoms in total. The number of carbonyl (C=O) groups is 1. The first-order chi connectivity index (χ1) is 16.0. The molecule has 0 saturated carbocycles. The molecule has 9 heteroatoms. The van der Waals surface area contributed by atoms with Crippen molar-refractivity contribution in [1.29, 1.82) is 0 Å². The first-order valence-corrected chi connectivity index (χ1v) is 12.5. The smallest absolute Gasteiger partial charge is 0.264 e. The van der Waals surface area contributed by atoms with Crippen LogP contribution in [0.5, 0.6) is 0 Å². The van der Waals surface area contributed by atoms with Gasteiger partial charge in [-0.25, -0.2) is 8.42 Å². The number of amides is 1. The SMILES string of the molecule is O=C(C1CCCO1)N1CCN(S(=O)(=O)c2nc(-c3ccccc3)oc2-c2ccccc2)CC1. The summed E-state index contributed by atoms with van der Waals surface area (Å²) in [6, 6.07) is 18.3. The van der Waals surface area contributed by atoms with E-state index < -0.39 is 16.1 Å². The Morgan fingerprint density at radius 3 is 2.15 bits per heavy atom. The minimum Gasteiger partial charge on any atom is -0.435 e. The first-order valence-electron chi connectivity index (χ1n) is 11.1. The molecule has 1 unspecified atom stereocenters. The number of ether oxygens (including phenoxy) is 1. The highest BCUT2D eigenvalue weighted by Crippen LogP contribution is 2.34. The molecule has 0 bridgehead atoms. The fourth-order valence-electron chi connectivity index (χ4n) is 4.20. The summed E-state index contributed by atoms with van der Waals surface area (Å²) >= 11 is 0. The minimum absolute atomic E-state index is 0.0534. The summed E-state index contributed by atoms with van der Waals surface area (Å²) in [4.78, 5) is 18.7. The van der Waals surface area contributed by atoms with E-state index in [1.54, 1.807) is 17.0 Å². The van der Waals surface area contributed by atoms with Crippen molar-refractivity contribution >= 4 is 15.9 Å². The number of aromatic nitrogens is 1. The van der Waals surface area contributed by atoms with Gasteiger partial charge >= 0.3 is 0 Å². The molecule has 2 aromatic carbocycles. The Kier molecular flexibility index (Phi) is 6.01. The number of benzene rings is 2. The zero-order valence-corrected chi connectivity index (χ0v) is 18.9. The molecule has 33 heavy (non-hydrogen) atoms. The Morgan fingerprint density at radius 1 is 0.909 bits per heavy atom. The van der Waals surface area contributed by atoms with Gasteiger partial charge in [-0.15, -0.1) is 0 Å². The second-order valence-electron chi connectivity index (χ2n) is 8.12. The molecule has 2 fully saturated rings. The van der Waals surface area contributed by atoms with Gasteiger partial charge in [0.25, 0.3) is 15.9 Å². The Labute approximate surface area is 192 Å². The molecule has 172 valence electrons. The van der Waals surface area contributed by atoms with Gasteiger partial charge < -0.3 is 14.1 Å². The normalized spacial score (nSPS) is 19.6. The predicted molar refractivity (Wildman–Crippen MR) is 122 cm³/mol. The van der Waals surface area contributed by atoms with Crippen molar-refractivity contribution in [3.8, 4) is 22.8 Å². The molecular weight excluding hydrogens is 442 g/mol. The topological polar surface area (TPSA) is 93.0 Å². The van der Waals surface area contributed by atoms with Crippen LogP contribution in [0.3, 0.4) is 0 Å². The highest BCUT2D eigenvalue weighted by atomic mass is 32.2. The predicted octanol–water partition coefficient (Wildman–Crippen LogP) is 3.02. The zero-order valence-electron chi connectivity index (χ0n) is 18.1. The van der Waals surface area contributed by atoms with E-state index in [-0.39, 0.29) is 35.7 Å². The average molecular weight is 468 g/mol. The molecule has 0 radical (unpaired) electrons. The van der Waals surface area contributed by atoms with Gasteiger partial charge in [-0.1, -0.05) is 48.5 Å². The number of hydrogen-bond donors (Lipinski definition) is 0.